The Morgan fingerprint density at radius 2 is 2.07 bits per heavy atom. The van der Waals surface area contributed by atoms with Gasteiger partial charge < -0.3 is 19.5 Å². The maximum Gasteiger partial charge on any atom is 0.314 e. The van der Waals surface area contributed by atoms with Gasteiger partial charge in [-0.05, 0) is 37.3 Å². The number of methoxy groups -OCH3 is 1. The fourth-order valence-corrected chi connectivity index (χ4v) is 2.58. The molecule has 0 aliphatic carbocycles. The van der Waals surface area contributed by atoms with Crippen molar-refractivity contribution in [3.8, 4) is 17.2 Å². The summed E-state index contributed by atoms with van der Waals surface area (Å²) in [6.07, 6.45) is -0.990. The van der Waals surface area contributed by atoms with E-state index in [0.29, 0.717) is 17.2 Å². The van der Waals surface area contributed by atoms with E-state index < -0.39 is 16.8 Å². The summed E-state index contributed by atoms with van der Waals surface area (Å²) in [5.74, 6) is 0.00760. The molecule has 1 heterocycles. The Hall–Kier alpha value is -3.62. The standard InChI is InChI=1S/C18H16N2O7/c1-10(27-16-6-4-12(25-2)8-14(16)20(23)24)18(22)11-3-5-15-13(7-11)19-17(21)9-26-15/h3-8,10H,9H2,1-2H3,(H,19,21). The highest BCUT2D eigenvalue weighted by atomic mass is 16.6. The highest BCUT2D eigenvalue weighted by molar-refractivity contribution is 6.02. The lowest BCUT2D eigenvalue weighted by Gasteiger charge is -2.19. The maximum atomic E-state index is 12.6. The summed E-state index contributed by atoms with van der Waals surface area (Å²) in [7, 11) is 1.39. The fraction of sp³-hybridized carbons (Fsp3) is 0.222. The van der Waals surface area contributed by atoms with Gasteiger partial charge in [-0.1, -0.05) is 0 Å². The van der Waals surface area contributed by atoms with Crippen molar-refractivity contribution in [2.45, 2.75) is 13.0 Å². The molecule has 0 spiro atoms. The minimum Gasteiger partial charge on any atom is -0.496 e. The van der Waals surface area contributed by atoms with Crippen molar-refractivity contribution in [1.82, 2.24) is 0 Å². The van der Waals surface area contributed by atoms with Gasteiger partial charge in [0.25, 0.3) is 5.91 Å². The van der Waals surface area contributed by atoms with Crippen molar-refractivity contribution in [3.63, 3.8) is 0 Å². The van der Waals surface area contributed by atoms with E-state index in [-0.39, 0.29) is 29.5 Å². The van der Waals surface area contributed by atoms with Crippen molar-refractivity contribution in [2.24, 2.45) is 0 Å². The van der Waals surface area contributed by atoms with Gasteiger partial charge in [0, 0.05) is 5.56 Å². The van der Waals surface area contributed by atoms with E-state index in [1.807, 2.05) is 0 Å². The monoisotopic (exact) mass is 372 g/mol. The predicted octanol–water partition coefficient (Wildman–Crippen LogP) is 2.58. The number of ether oxygens (including phenoxy) is 3. The molecule has 2 aromatic rings. The molecule has 0 bridgehead atoms. The van der Waals surface area contributed by atoms with Gasteiger partial charge in [0.1, 0.15) is 11.5 Å². The number of hydrogen-bond acceptors (Lipinski definition) is 7. The summed E-state index contributed by atoms with van der Waals surface area (Å²) in [5, 5.41) is 13.9. The average molecular weight is 372 g/mol. The van der Waals surface area contributed by atoms with Crippen molar-refractivity contribution < 1.29 is 28.7 Å². The summed E-state index contributed by atoms with van der Waals surface area (Å²) in [4.78, 5) is 34.7. The number of benzene rings is 2. The molecular weight excluding hydrogens is 356 g/mol. The van der Waals surface area contributed by atoms with Gasteiger partial charge in [-0.2, -0.15) is 0 Å². The predicted molar refractivity (Wildman–Crippen MR) is 94.6 cm³/mol. The van der Waals surface area contributed by atoms with Gasteiger partial charge in [-0.15, -0.1) is 0 Å². The molecule has 0 saturated heterocycles. The molecular formula is C18H16N2O7. The molecule has 3 rings (SSSR count). The molecule has 0 saturated carbocycles. The van der Waals surface area contributed by atoms with Gasteiger partial charge in [0.2, 0.25) is 5.78 Å². The SMILES string of the molecule is COc1ccc(OC(C)C(=O)c2ccc3c(c2)NC(=O)CO3)c([N+](=O)[O-])c1. The number of carbonyl (C=O) groups is 2. The molecule has 1 amide bonds. The summed E-state index contributed by atoms with van der Waals surface area (Å²) in [6, 6.07) is 8.70. The van der Waals surface area contributed by atoms with Gasteiger partial charge in [0.05, 0.1) is 23.8 Å². The minimum atomic E-state index is -0.990. The van der Waals surface area contributed by atoms with E-state index in [9.17, 15) is 19.7 Å². The van der Waals surface area contributed by atoms with Crippen LogP contribution in [0.25, 0.3) is 0 Å². The molecule has 1 aliphatic heterocycles. The molecule has 140 valence electrons. The van der Waals surface area contributed by atoms with Gasteiger partial charge in [-0.3, -0.25) is 19.7 Å². The van der Waals surface area contributed by atoms with Crippen molar-refractivity contribution in [3.05, 3.63) is 52.1 Å². The van der Waals surface area contributed by atoms with Crippen LogP contribution in [0.15, 0.2) is 36.4 Å². The first-order valence-corrected chi connectivity index (χ1v) is 7.99. The molecule has 9 nitrogen and oxygen atoms in total. The van der Waals surface area contributed by atoms with E-state index in [0.717, 1.165) is 0 Å². The molecule has 1 aliphatic rings. The fourth-order valence-electron chi connectivity index (χ4n) is 2.58. The number of fused-ring (bicyclic) bond motifs is 1. The maximum absolute atomic E-state index is 12.6. The Labute approximate surface area is 154 Å². The number of nitrogens with zero attached hydrogens (tertiary/aromatic N) is 1. The number of carbonyl (C=O) groups excluding carboxylic acids is 2. The lowest BCUT2D eigenvalue weighted by molar-refractivity contribution is -0.386. The van der Waals surface area contributed by atoms with Crippen LogP contribution in [-0.4, -0.2) is 36.4 Å². The van der Waals surface area contributed by atoms with Gasteiger partial charge in [-0.25, -0.2) is 0 Å². The number of hydrogen-bond donors (Lipinski definition) is 1. The zero-order valence-electron chi connectivity index (χ0n) is 14.6. The van der Waals surface area contributed by atoms with E-state index in [1.54, 1.807) is 12.1 Å². The Kier molecular flexibility index (Phi) is 4.93. The number of nitro groups is 1. The lowest BCUT2D eigenvalue weighted by atomic mass is 10.1. The smallest absolute Gasteiger partial charge is 0.314 e. The average Bonchev–Trinajstić information content (AvgIpc) is 2.66. The number of Topliss-reactive ketones (excluding diaryl/α,β-unsaturated/α-hetero) is 1. The highest BCUT2D eigenvalue weighted by Gasteiger charge is 2.24. The number of anilines is 1. The van der Waals surface area contributed by atoms with Crippen LogP contribution in [-0.2, 0) is 4.79 Å². The first-order valence-electron chi connectivity index (χ1n) is 7.99. The molecule has 0 radical (unpaired) electrons. The topological polar surface area (TPSA) is 117 Å². The van der Waals surface area contributed by atoms with Crippen LogP contribution in [0.1, 0.15) is 17.3 Å². The van der Waals surface area contributed by atoms with E-state index in [4.69, 9.17) is 14.2 Å². The number of nitrogens with one attached hydrogen (secondary N) is 1. The first-order chi connectivity index (χ1) is 12.9. The van der Waals surface area contributed by atoms with E-state index in [2.05, 4.69) is 5.32 Å². The van der Waals surface area contributed by atoms with E-state index in [1.165, 1.54) is 38.3 Å². The highest BCUT2D eigenvalue weighted by Crippen LogP contribution is 2.33. The number of amides is 1. The molecule has 1 N–H and O–H groups in total. The molecule has 27 heavy (non-hydrogen) atoms. The molecule has 1 unspecified atom stereocenters. The third kappa shape index (κ3) is 3.81. The van der Waals surface area contributed by atoms with Crippen LogP contribution >= 0.6 is 0 Å². The molecule has 1 atom stereocenters. The van der Waals surface area contributed by atoms with Crippen LogP contribution in [0.2, 0.25) is 0 Å². The third-order valence-electron chi connectivity index (χ3n) is 3.93. The van der Waals surface area contributed by atoms with Crippen molar-refractivity contribution >= 4 is 23.1 Å². The second kappa shape index (κ2) is 7.32. The van der Waals surface area contributed by atoms with Crippen molar-refractivity contribution in [2.75, 3.05) is 19.0 Å². The summed E-state index contributed by atoms with van der Waals surface area (Å²) >= 11 is 0. The van der Waals surface area contributed by atoms with Crippen LogP contribution in [0.3, 0.4) is 0 Å². The Bertz CT molecular complexity index is 926. The molecule has 9 heteroatoms. The largest absolute Gasteiger partial charge is 0.496 e. The van der Waals surface area contributed by atoms with E-state index >= 15 is 0 Å². The summed E-state index contributed by atoms with van der Waals surface area (Å²) in [6.45, 7) is 1.41. The van der Waals surface area contributed by atoms with Gasteiger partial charge in [0.15, 0.2) is 18.5 Å². The normalized spacial score (nSPS) is 13.6. The van der Waals surface area contributed by atoms with Crippen LogP contribution in [0.5, 0.6) is 17.2 Å². The summed E-state index contributed by atoms with van der Waals surface area (Å²) in [5.41, 5.74) is 0.364. The molecule has 2 aromatic carbocycles. The van der Waals surface area contributed by atoms with Gasteiger partial charge >= 0.3 is 5.69 Å². The lowest BCUT2D eigenvalue weighted by Crippen LogP contribution is -2.27. The Morgan fingerprint density at radius 3 is 2.78 bits per heavy atom. The second-order valence-corrected chi connectivity index (χ2v) is 5.76. The molecule has 0 aromatic heterocycles. The quantitative estimate of drug-likeness (QED) is 0.470. The zero-order valence-corrected chi connectivity index (χ0v) is 14.6. The third-order valence-corrected chi connectivity index (χ3v) is 3.93. The number of ketones is 1. The van der Waals surface area contributed by atoms with Crippen LogP contribution in [0, 0.1) is 10.1 Å². The zero-order chi connectivity index (χ0) is 19.6. The van der Waals surface area contributed by atoms with Crippen LogP contribution in [0.4, 0.5) is 11.4 Å². The second-order valence-electron chi connectivity index (χ2n) is 5.76. The Balaban J connectivity index is 1.82. The number of rotatable bonds is 6. The molecule has 0 fully saturated rings. The minimum absolute atomic E-state index is 0.0451. The summed E-state index contributed by atoms with van der Waals surface area (Å²) < 4.78 is 15.7. The first kappa shape index (κ1) is 18.2. The number of nitro benzene ring substituents is 1. The Morgan fingerprint density at radius 1 is 1.30 bits per heavy atom. The van der Waals surface area contributed by atoms with Crippen LogP contribution < -0.4 is 19.5 Å². The van der Waals surface area contributed by atoms with Crippen molar-refractivity contribution in [1.29, 1.82) is 0 Å².